The van der Waals surface area contributed by atoms with Gasteiger partial charge in [0.1, 0.15) is 0 Å². The van der Waals surface area contributed by atoms with E-state index >= 15 is 0 Å². The monoisotopic (exact) mass is 166 g/mol. The molecule has 0 saturated heterocycles. The molecule has 0 rings (SSSR count). The second-order valence-electron chi connectivity index (χ2n) is 0.328. The zero-order valence-corrected chi connectivity index (χ0v) is 3.86. The van der Waals surface area contributed by atoms with Gasteiger partial charge >= 0.3 is 47.6 Å². The molecule has 0 atom stereocenters. The zero-order valence-electron chi connectivity index (χ0n) is 2.87. The van der Waals surface area contributed by atoms with Gasteiger partial charge in [0.2, 0.25) is 0 Å². The Morgan fingerprint density at radius 1 is 1.38 bits per heavy atom. The van der Waals surface area contributed by atoms with Crippen LogP contribution in [0, 0.1) is 0 Å². The van der Waals surface area contributed by atoms with E-state index in [0.717, 1.165) is 0 Å². The maximum atomic E-state index is 9.56. The summed E-state index contributed by atoms with van der Waals surface area (Å²) in [4.78, 5) is 8.56. The van der Waals surface area contributed by atoms with Gasteiger partial charge in [0.15, 0.2) is 0 Å². The van der Waals surface area contributed by atoms with Crippen LogP contribution in [0.15, 0.2) is 0 Å². The fraction of sp³-hybridized carbons (Fsp3) is 0. The summed E-state index contributed by atoms with van der Waals surface area (Å²) in [5.41, 5.74) is 0. The van der Waals surface area contributed by atoms with E-state index < -0.39 is 21.5 Å². The molecule has 0 saturated carbocycles. The van der Waals surface area contributed by atoms with Gasteiger partial charge in [-0.25, -0.2) is 4.79 Å². The number of halogens is 2. The second kappa shape index (κ2) is 15.7. The predicted octanol–water partition coefficient (Wildman–Crippen LogP) is 0.412. The number of hydrogen-bond donors (Lipinski definition) is 2. The van der Waals surface area contributed by atoms with Gasteiger partial charge in [0.05, 0.1) is 0 Å². The zero-order chi connectivity index (χ0) is 6.28. The van der Waals surface area contributed by atoms with Gasteiger partial charge in [0, 0.05) is 0 Å². The van der Waals surface area contributed by atoms with Crippen molar-refractivity contribution in [2.75, 3.05) is 0 Å². The molecule has 2 N–H and O–H groups in total. The first-order valence-corrected chi connectivity index (χ1v) is 1.64. The van der Waals surface area contributed by atoms with Crippen LogP contribution in [0.2, 0.25) is 0 Å². The molecule has 0 aliphatic rings. The molecular formula is CH3F2LiNiO3. The standard InChI is InChI=1S/CH2O3.2FH.Li.Ni.H/c2-1(3)4;;;;;/h(H2,2,3,4);2*1H;;;/q;;;;+2;/p-2. The molecule has 50 valence electrons. The predicted molar refractivity (Wildman–Crippen MR) is 20.0 cm³/mol. The van der Waals surface area contributed by atoms with Gasteiger partial charge in [-0.1, -0.05) is 0 Å². The number of carboxylic acid groups (broad SMARTS) is 2. The van der Waals surface area contributed by atoms with E-state index in [1.165, 1.54) is 0 Å². The Morgan fingerprint density at radius 2 is 1.38 bits per heavy atom. The van der Waals surface area contributed by atoms with E-state index in [4.69, 9.17) is 15.0 Å². The molecule has 0 unspecified atom stereocenters. The molecule has 0 fully saturated rings. The third-order valence-corrected chi connectivity index (χ3v) is 0. The molecule has 0 spiro atoms. The molecule has 0 aliphatic carbocycles. The van der Waals surface area contributed by atoms with E-state index in [1.54, 1.807) is 0 Å². The molecule has 8 heavy (non-hydrogen) atoms. The summed E-state index contributed by atoms with van der Waals surface area (Å²) >= 11 is -1.38. The van der Waals surface area contributed by atoms with Crippen LogP contribution in [0.1, 0.15) is 0 Å². The Labute approximate surface area is 62.9 Å². The van der Waals surface area contributed by atoms with Gasteiger partial charge in [-0.05, 0) is 0 Å². The maximum absolute atomic E-state index is 9.56. The van der Waals surface area contributed by atoms with Crippen LogP contribution in [0.4, 0.5) is 12.0 Å². The van der Waals surface area contributed by atoms with Crippen LogP contribution < -0.4 is 0 Å². The average Bonchev–Trinajstić information content (AvgIpc) is 1.33. The van der Waals surface area contributed by atoms with E-state index in [-0.39, 0.29) is 18.9 Å². The summed E-state index contributed by atoms with van der Waals surface area (Å²) in [6.07, 6.45) is -1.83. The molecule has 3 nitrogen and oxygen atoms in total. The summed E-state index contributed by atoms with van der Waals surface area (Å²) in [5, 5.41) is 13.9. The quantitative estimate of drug-likeness (QED) is 0.513. The van der Waals surface area contributed by atoms with Crippen molar-refractivity contribution in [1.82, 2.24) is 0 Å². The molecule has 7 heteroatoms. The van der Waals surface area contributed by atoms with Crippen LogP contribution in [0.25, 0.3) is 0 Å². The van der Waals surface area contributed by atoms with Gasteiger partial charge < -0.3 is 10.2 Å². The van der Waals surface area contributed by atoms with Gasteiger partial charge in [-0.2, -0.15) is 0 Å². The van der Waals surface area contributed by atoms with Gasteiger partial charge in [-0.15, -0.1) is 0 Å². The van der Waals surface area contributed by atoms with Crippen molar-refractivity contribution in [2.24, 2.45) is 0 Å². The molecule has 0 aromatic rings. The Bertz CT molecular complexity index is 48.5. The number of hydrogen-bond acceptors (Lipinski definition) is 1. The van der Waals surface area contributed by atoms with Crippen molar-refractivity contribution >= 4 is 25.0 Å². The first-order valence-electron chi connectivity index (χ1n) is 0.890. The summed E-state index contributed by atoms with van der Waals surface area (Å²) in [6, 6.07) is 0. The van der Waals surface area contributed by atoms with Gasteiger partial charge in [-0.3, -0.25) is 0 Å². The number of carbonyl (C=O) groups is 1. The minimum absolute atomic E-state index is 0. The Kier molecular flexibility index (Phi) is 30.8. The third kappa shape index (κ3) is 3470. The Morgan fingerprint density at radius 3 is 1.38 bits per heavy atom. The van der Waals surface area contributed by atoms with Crippen LogP contribution in [-0.2, 0) is 15.3 Å². The number of rotatable bonds is 0. The molecular weight excluding hydrogens is 164 g/mol. The molecule has 0 amide bonds. The second-order valence-corrected chi connectivity index (χ2v) is 0.469. The normalized spacial score (nSPS) is 5.75. The summed E-state index contributed by atoms with van der Waals surface area (Å²) < 4.78 is 19.1. The Hall–Kier alpha value is 0.221. The molecule has 0 aliphatic heterocycles. The van der Waals surface area contributed by atoms with Crippen molar-refractivity contribution in [3.05, 3.63) is 0 Å². The topological polar surface area (TPSA) is 57.5 Å². The SMILES string of the molecule is O=C(O)O.[F][Ni][F].[LiH]. The van der Waals surface area contributed by atoms with Crippen molar-refractivity contribution in [1.29, 1.82) is 0 Å². The average molecular weight is 167 g/mol. The first-order chi connectivity index (χ1) is 3.15. The summed E-state index contributed by atoms with van der Waals surface area (Å²) in [7, 11) is 0. The molecule has 0 aromatic heterocycles. The first kappa shape index (κ1) is 15.7. The van der Waals surface area contributed by atoms with E-state index in [0.29, 0.717) is 0 Å². The molecule has 0 bridgehead atoms. The van der Waals surface area contributed by atoms with Crippen molar-refractivity contribution < 1.29 is 37.5 Å². The summed E-state index contributed by atoms with van der Waals surface area (Å²) in [6.45, 7) is 0. The third-order valence-electron chi connectivity index (χ3n) is 0. The van der Waals surface area contributed by atoms with Crippen molar-refractivity contribution in [3.8, 4) is 0 Å². The molecule has 0 radical (unpaired) electrons. The molecule has 0 aromatic carbocycles. The van der Waals surface area contributed by atoms with Crippen LogP contribution in [0.3, 0.4) is 0 Å². The van der Waals surface area contributed by atoms with Crippen LogP contribution >= 0.6 is 0 Å². The van der Waals surface area contributed by atoms with Crippen LogP contribution in [-0.4, -0.2) is 35.2 Å². The van der Waals surface area contributed by atoms with Gasteiger partial charge in [0.25, 0.3) is 0 Å². The van der Waals surface area contributed by atoms with Crippen molar-refractivity contribution in [2.45, 2.75) is 0 Å². The summed E-state index contributed by atoms with van der Waals surface area (Å²) in [5.74, 6) is 0. The molecule has 0 heterocycles. The minimum atomic E-state index is -1.83. The van der Waals surface area contributed by atoms with E-state index in [2.05, 4.69) is 0 Å². The van der Waals surface area contributed by atoms with Crippen LogP contribution in [0.5, 0.6) is 0 Å². The van der Waals surface area contributed by atoms with E-state index in [1.807, 2.05) is 0 Å². The van der Waals surface area contributed by atoms with E-state index in [9.17, 15) is 7.21 Å². The fourth-order valence-corrected chi connectivity index (χ4v) is 0. The fourth-order valence-electron chi connectivity index (χ4n) is 0. The Balaban J connectivity index is -0.0000000575. The van der Waals surface area contributed by atoms with Crippen molar-refractivity contribution in [3.63, 3.8) is 0 Å².